The Kier molecular flexibility index (Phi) is 6.60. The molecule has 0 nitrogen and oxygen atoms in total. The van der Waals surface area contributed by atoms with Crippen LogP contribution in [0.3, 0.4) is 0 Å². The van der Waals surface area contributed by atoms with Crippen molar-refractivity contribution in [2.75, 3.05) is 5.90 Å². The van der Waals surface area contributed by atoms with Crippen molar-refractivity contribution in [1.29, 1.82) is 0 Å². The van der Waals surface area contributed by atoms with Crippen molar-refractivity contribution in [3.05, 3.63) is 132 Å². The molecule has 1 heterocycles. The van der Waals surface area contributed by atoms with Gasteiger partial charge in [0.25, 0.3) is 0 Å². The summed E-state index contributed by atoms with van der Waals surface area (Å²) in [4.78, 5) is 0. The first-order valence-corrected chi connectivity index (χ1v) is 14.3. The van der Waals surface area contributed by atoms with Crippen LogP contribution in [-0.2, 0) is 0 Å². The largest absolute Gasteiger partial charge is 0.0863 e. The summed E-state index contributed by atoms with van der Waals surface area (Å²) in [5, 5.41) is 3.02. The monoisotopic (exact) mass is 438 g/mol. The van der Waals surface area contributed by atoms with Crippen molar-refractivity contribution in [1.82, 2.24) is 0 Å². The standard InChI is InChI=1S/C29H28P2/c1-5-13-24(14-6-1)28-21-22-29(25-15-7-2-8-16-25)31(28)23-30(26-17-9-3-10-18-26)27-19-11-4-12-20-27/h1-20,28-29H,21-23H2/t28-,29-/m1/s1. The molecule has 0 bridgehead atoms. The molecule has 0 saturated carbocycles. The van der Waals surface area contributed by atoms with E-state index in [4.69, 9.17) is 0 Å². The molecule has 31 heavy (non-hydrogen) atoms. The first-order chi connectivity index (χ1) is 15.4. The summed E-state index contributed by atoms with van der Waals surface area (Å²) in [6, 6.07) is 45.1. The fourth-order valence-corrected chi connectivity index (χ4v) is 12.9. The van der Waals surface area contributed by atoms with Gasteiger partial charge >= 0.3 is 0 Å². The molecule has 2 atom stereocenters. The SMILES string of the molecule is c1ccc([C@H]2CC[C@H](c3ccccc3)P2CP(c2ccccc2)c2ccccc2)cc1. The van der Waals surface area contributed by atoms with Gasteiger partial charge in [0, 0.05) is 11.3 Å². The van der Waals surface area contributed by atoms with Crippen LogP contribution in [0.1, 0.15) is 35.3 Å². The molecule has 1 fully saturated rings. The van der Waals surface area contributed by atoms with Crippen LogP contribution in [0.25, 0.3) is 0 Å². The normalized spacial score (nSPS) is 19.0. The molecule has 0 spiro atoms. The summed E-state index contributed by atoms with van der Waals surface area (Å²) < 4.78 is 0. The second kappa shape index (κ2) is 9.91. The van der Waals surface area contributed by atoms with Gasteiger partial charge in [0.05, 0.1) is 0 Å². The Morgan fingerprint density at radius 3 is 1.26 bits per heavy atom. The van der Waals surface area contributed by atoms with Gasteiger partial charge in [-0.05, 0) is 48.4 Å². The highest BCUT2D eigenvalue weighted by Crippen LogP contribution is 2.73. The molecule has 154 valence electrons. The lowest BCUT2D eigenvalue weighted by Crippen LogP contribution is -2.14. The first-order valence-electron chi connectivity index (χ1n) is 11.1. The highest BCUT2D eigenvalue weighted by Gasteiger charge is 2.38. The van der Waals surface area contributed by atoms with Crippen LogP contribution in [0.2, 0.25) is 0 Å². The second-order valence-electron chi connectivity index (χ2n) is 8.19. The van der Waals surface area contributed by atoms with Gasteiger partial charge in [-0.3, -0.25) is 0 Å². The van der Waals surface area contributed by atoms with Crippen molar-refractivity contribution < 1.29 is 0 Å². The van der Waals surface area contributed by atoms with Gasteiger partial charge in [0.2, 0.25) is 0 Å². The molecule has 1 aliphatic rings. The molecule has 4 aromatic rings. The van der Waals surface area contributed by atoms with Crippen molar-refractivity contribution in [3.8, 4) is 0 Å². The first kappa shape index (κ1) is 20.6. The lowest BCUT2D eigenvalue weighted by Gasteiger charge is -2.31. The van der Waals surface area contributed by atoms with Gasteiger partial charge in [-0.15, -0.1) is 0 Å². The summed E-state index contributed by atoms with van der Waals surface area (Å²) in [7, 11) is -0.549. The van der Waals surface area contributed by atoms with Gasteiger partial charge in [-0.1, -0.05) is 129 Å². The number of benzene rings is 4. The summed E-state index contributed by atoms with van der Waals surface area (Å²) in [6.45, 7) is 0. The summed E-state index contributed by atoms with van der Waals surface area (Å²) in [6.07, 6.45) is 2.62. The molecule has 0 aromatic heterocycles. The highest BCUT2D eigenvalue weighted by molar-refractivity contribution is 7.83. The zero-order valence-corrected chi connectivity index (χ0v) is 19.5. The molecular formula is C29H28P2. The summed E-state index contributed by atoms with van der Waals surface area (Å²) in [5.74, 6) is 1.30. The van der Waals surface area contributed by atoms with E-state index in [9.17, 15) is 0 Å². The Morgan fingerprint density at radius 2 is 0.871 bits per heavy atom. The molecule has 1 aliphatic heterocycles. The molecule has 0 unspecified atom stereocenters. The van der Waals surface area contributed by atoms with Gasteiger partial charge in [0.15, 0.2) is 0 Å². The van der Waals surface area contributed by atoms with E-state index >= 15 is 0 Å². The number of hydrogen-bond donors (Lipinski definition) is 0. The topological polar surface area (TPSA) is 0 Å². The lowest BCUT2D eigenvalue weighted by molar-refractivity contribution is 0.765. The lowest BCUT2D eigenvalue weighted by atomic mass is 10.0. The van der Waals surface area contributed by atoms with Crippen LogP contribution >= 0.6 is 15.8 Å². The van der Waals surface area contributed by atoms with Gasteiger partial charge < -0.3 is 0 Å². The van der Waals surface area contributed by atoms with Crippen molar-refractivity contribution in [2.45, 2.75) is 24.2 Å². The zero-order chi connectivity index (χ0) is 20.9. The maximum atomic E-state index is 2.36. The minimum absolute atomic E-state index is 0.182. The highest BCUT2D eigenvalue weighted by atomic mass is 31.2. The fourth-order valence-electron chi connectivity index (χ4n) is 4.82. The van der Waals surface area contributed by atoms with Crippen LogP contribution in [-0.4, -0.2) is 5.90 Å². The minimum atomic E-state index is -0.367. The predicted molar refractivity (Wildman–Crippen MR) is 138 cm³/mol. The minimum Gasteiger partial charge on any atom is -0.0863 e. The molecule has 0 aliphatic carbocycles. The van der Waals surface area contributed by atoms with Crippen LogP contribution in [0.15, 0.2) is 121 Å². The van der Waals surface area contributed by atoms with E-state index in [2.05, 4.69) is 121 Å². The maximum absolute atomic E-state index is 2.36. The van der Waals surface area contributed by atoms with Gasteiger partial charge in [-0.2, -0.15) is 0 Å². The third-order valence-corrected chi connectivity index (χ3v) is 13.3. The van der Waals surface area contributed by atoms with E-state index in [0.29, 0.717) is 11.3 Å². The second-order valence-corrected chi connectivity index (χ2v) is 13.5. The van der Waals surface area contributed by atoms with Gasteiger partial charge in [0.1, 0.15) is 0 Å². The van der Waals surface area contributed by atoms with Crippen molar-refractivity contribution in [2.24, 2.45) is 0 Å². The number of rotatable bonds is 6. The third kappa shape index (κ3) is 4.67. The molecule has 1 saturated heterocycles. The fraction of sp³-hybridized carbons (Fsp3) is 0.172. The Labute approximate surface area is 188 Å². The number of hydrogen-bond acceptors (Lipinski definition) is 0. The van der Waals surface area contributed by atoms with E-state index in [1.807, 2.05) is 0 Å². The molecule has 5 rings (SSSR count). The molecule has 0 amide bonds. The van der Waals surface area contributed by atoms with Gasteiger partial charge in [-0.25, -0.2) is 0 Å². The van der Waals surface area contributed by atoms with E-state index in [1.165, 1.54) is 29.4 Å². The van der Waals surface area contributed by atoms with Crippen LogP contribution in [0.5, 0.6) is 0 Å². The average Bonchev–Trinajstić information content (AvgIpc) is 3.28. The van der Waals surface area contributed by atoms with Crippen LogP contribution in [0, 0.1) is 0 Å². The summed E-state index contributed by atoms with van der Waals surface area (Å²) in [5.41, 5.74) is 4.48. The molecule has 0 N–H and O–H groups in total. The smallest absolute Gasteiger partial charge is 0.00509 e. The Balaban J connectivity index is 1.55. The maximum Gasteiger partial charge on any atom is 0.00509 e. The Hall–Kier alpha value is -2.26. The van der Waals surface area contributed by atoms with Crippen molar-refractivity contribution in [3.63, 3.8) is 0 Å². The Bertz CT molecular complexity index is 978. The van der Waals surface area contributed by atoms with E-state index in [1.54, 1.807) is 11.1 Å². The average molecular weight is 438 g/mol. The Morgan fingerprint density at radius 1 is 0.516 bits per heavy atom. The van der Waals surface area contributed by atoms with Crippen LogP contribution < -0.4 is 10.6 Å². The van der Waals surface area contributed by atoms with E-state index in [-0.39, 0.29) is 15.8 Å². The molecule has 2 heteroatoms. The quantitative estimate of drug-likeness (QED) is 0.269. The summed E-state index contributed by atoms with van der Waals surface area (Å²) >= 11 is 0. The third-order valence-electron chi connectivity index (χ3n) is 6.32. The zero-order valence-electron chi connectivity index (χ0n) is 17.7. The van der Waals surface area contributed by atoms with E-state index in [0.717, 1.165) is 0 Å². The van der Waals surface area contributed by atoms with E-state index < -0.39 is 0 Å². The molecule has 0 radical (unpaired) electrons. The van der Waals surface area contributed by atoms with Crippen molar-refractivity contribution >= 4 is 26.5 Å². The predicted octanol–water partition coefficient (Wildman–Crippen LogP) is 7.84. The molecule has 4 aromatic carbocycles. The molecular weight excluding hydrogens is 410 g/mol. The van der Waals surface area contributed by atoms with Crippen LogP contribution in [0.4, 0.5) is 0 Å².